The van der Waals surface area contributed by atoms with E-state index >= 15 is 0 Å². The number of primary amides is 2. The molecule has 2 aromatic carbocycles. The Hall–Kier alpha value is -7.80. The number of fused-ring (bicyclic) bond motifs is 1. The van der Waals surface area contributed by atoms with Crippen molar-refractivity contribution >= 4 is 81.7 Å². The number of aromatic amines is 2. The number of aromatic nitrogens is 3. The molecule has 4 aromatic rings. The van der Waals surface area contributed by atoms with E-state index in [1.165, 1.54) is 36.1 Å². The van der Waals surface area contributed by atoms with Gasteiger partial charge in [-0.1, -0.05) is 76.2 Å². The van der Waals surface area contributed by atoms with Crippen LogP contribution in [0, 0.1) is 11.8 Å². The zero-order valence-corrected chi connectivity index (χ0v) is 44.0. The molecule has 0 saturated carbocycles. The average molecular weight is 1070 g/mol. The minimum absolute atomic E-state index is 0.0559. The van der Waals surface area contributed by atoms with Crippen LogP contribution in [0.25, 0.3) is 10.9 Å². The van der Waals surface area contributed by atoms with Crippen LogP contribution in [-0.4, -0.2) is 145 Å². The summed E-state index contributed by atoms with van der Waals surface area (Å²) in [5.74, 6) is -7.39. The van der Waals surface area contributed by atoms with Gasteiger partial charge in [0.25, 0.3) is 5.91 Å². The number of H-pyrrole nitrogens is 2. The first-order chi connectivity index (χ1) is 36.1. The Balaban J connectivity index is 1.24. The number of benzene rings is 2. The maximum atomic E-state index is 14.2. The van der Waals surface area contributed by atoms with Gasteiger partial charge in [-0.15, -0.1) is 11.8 Å². The molecule has 1 unspecified atom stereocenters. The third-order valence-electron chi connectivity index (χ3n) is 12.5. The normalized spacial score (nSPS) is 16.1. The van der Waals surface area contributed by atoms with Crippen LogP contribution < -0.4 is 54.4 Å². The molecule has 8 atom stereocenters. The van der Waals surface area contributed by atoms with Crippen molar-refractivity contribution in [2.45, 2.75) is 121 Å². The zero-order chi connectivity index (χ0) is 55.6. The first-order valence-electron chi connectivity index (χ1n) is 25.0. The third kappa shape index (κ3) is 17.4. The lowest BCUT2D eigenvalue weighted by Gasteiger charge is -2.29. The van der Waals surface area contributed by atoms with Crippen LogP contribution in [0.5, 0.6) is 0 Å². The second-order valence-corrected chi connectivity index (χ2v) is 20.6. The van der Waals surface area contributed by atoms with Gasteiger partial charge in [-0.3, -0.25) is 47.9 Å². The van der Waals surface area contributed by atoms with Crippen molar-refractivity contribution in [2.24, 2.45) is 29.0 Å². The molecule has 10 amide bonds. The number of nitrogens with one attached hydrogen (secondary N) is 9. The maximum Gasteiger partial charge on any atom is 0.250 e. The van der Waals surface area contributed by atoms with E-state index in [4.69, 9.17) is 17.2 Å². The van der Waals surface area contributed by atoms with Crippen LogP contribution in [0.3, 0.4) is 0 Å². The number of carbonyl (C=O) groups is 10. The Kier molecular flexibility index (Phi) is 21.9. The summed E-state index contributed by atoms with van der Waals surface area (Å²) < 4.78 is 0. The van der Waals surface area contributed by atoms with Gasteiger partial charge in [0.2, 0.25) is 53.2 Å². The van der Waals surface area contributed by atoms with Crippen molar-refractivity contribution in [1.82, 2.24) is 57.1 Å². The van der Waals surface area contributed by atoms with Gasteiger partial charge >= 0.3 is 0 Å². The van der Waals surface area contributed by atoms with Crippen LogP contribution in [0.2, 0.25) is 0 Å². The van der Waals surface area contributed by atoms with Crippen LogP contribution in [0.15, 0.2) is 73.3 Å². The van der Waals surface area contributed by atoms with Crippen molar-refractivity contribution in [1.29, 1.82) is 0 Å². The lowest BCUT2D eigenvalue weighted by atomic mass is 10.0. The molecule has 15 N–H and O–H groups in total. The largest absolute Gasteiger partial charge is 0.370 e. The molecule has 3 heterocycles. The predicted octanol–water partition coefficient (Wildman–Crippen LogP) is -1.35. The average Bonchev–Trinajstić information content (AvgIpc) is 4.18. The number of nitrogens with two attached hydrogens (primary N) is 3. The standard InChI is InChI=1S/C51H70N14O10S/c1-27(2)19-39(50(75)65-17-18-76-51(65)43(54)68)63-48(73)38(22-32-24-55-26-58-32)60-41(67)25-57-49(74)42(28(3)4)64-44(69)29(5)59-47(72)37(21-31-23-56-35-14-10-9-13-33(31)35)62-46(71)36(15-16-40(53)66)61-45(70)34(52)20-30-11-7-6-8-12-30/h6-14,23-24,26-29,34,36-39,42,51,56H,15-22,25,52H2,1-5H3,(H2,53,66)(H2,54,68)(H,55,58)(H,57,74)(H,59,72)(H,60,67)(H,61,70)(H,62,71)(H,63,73)(H,64,69)/t29-,34-,36-,37-,38-,39-,42-,51?/m0/s1. The molecule has 410 valence electrons. The molecule has 0 spiro atoms. The van der Waals surface area contributed by atoms with E-state index in [1.807, 2.05) is 38.1 Å². The molecular formula is C51H70N14O10S. The number of rotatable bonds is 28. The molecule has 24 nitrogen and oxygen atoms in total. The fourth-order valence-corrected chi connectivity index (χ4v) is 9.51. The number of amides is 10. The van der Waals surface area contributed by atoms with Gasteiger partial charge in [-0.05, 0) is 55.2 Å². The quantitative estimate of drug-likeness (QED) is 0.0313. The van der Waals surface area contributed by atoms with Crippen LogP contribution in [0.1, 0.15) is 70.7 Å². The highest BCUT2D eigenvalue weighted by atomic mass is 32.2. The van der Waals surface area contributed by atoms with Crippen LogP contribution >= 0.6 is 11.8 Å². The van der Waals surface area contributed by atoms with Gasteiger partial charge in [0.15, 0.2) is 5.37 Å². The van der Waals surface area contributed by atoms with E-state index in [-0.39, 0.29) is 51.0 Å². The van der Waals surface area contributed by atoms with E-state index in [0.717, 1.165) is 16.5 Å². The Morgan fingerprint density at radius 3 is 2.01 bits per heavy atom. The topological polar surface area (TPSA) is 381 Å². The lowest BCUT2D eigenvalue weighted by Crippen LogP contribution is -2.59. The number of carbonyl (C=O) groups excluding carboxylic acids is 10. The predicted molar refractivity (Wildman–Crippen MR) is 283 cm³/mol. The minimum atomic E-state index is -1.35. The van der Waals surface area contributed by atoms with Gasteiger partial charge in [0.1, 0.15) is 36.3 Å². The van der Waals surface area contributed by atoms with E-state index < -0.39 is 119 Å². The molecule has 0 bridgehead atoms. The molecule has 0 radical (unpaired) electrons. The highest BCUT2D eigenvalue weighted by Crippen LogP contribution is 2.25. The number of hydrogen-bond donors (Lipinski definition) is 12. The fraction of sp³-hybridized carbons (Fsp3) is 0.471. The van der Waals surface area contributed by atoms with Crippen molar-refractivity contribution < 1.29 is 47.9 Å². The monoisotopic (exact) mass is 1070 g/mol. The van der Waals surface area contributed by atoms with Gasteiger partial charge in [0.05, 0.1) is 18.9 Å². The zero-order valence-electron chi connectivity index (χ0n) is 43.2. The first kappa shape index (κ1) is 59.1. The third-order valence-corrected chi connectivity index (χ3v) is 13.7. The van der Waals surface area contributed by atoms with Crippen molar-refractivity contribution in [2.75, 3.05) is 18.8 Å². The summed E-state index contributed by atoms with van der Waals surface area (Å²) in [4.78, 5) is 145. The molecule has 1 saturated heterocycles. The number of para-hydroxylation sites is 1. The van der Waals surface area contributed by atoms with Crippen molar-refractivity contribution in [3.63, 3.8) is 0 Å². The van der Waals surface area contributed by atoms with Crippen molar-refractivity contribution in [3.05, 3.63) is 90.1 Å². The molecule has 0 aliphatic carbocycles. The Bertz CT molecular complexity index is 2680. The summed E-state index contributed by atoms with van der Waals surface area (Å²) in [6.45, 7) is 8.01. The molecule has 25 heteroatoms. The molecule has 2 aromatic heterocycles. The molecule has 1 aliphatic heterocycles. The van der Waals surface area contributed by atoms with Gasteiger partial charge in [-0.2, -0.15) is 0 Å². The van der Waals surface area contributed by atoms with E-state index in [0.29, 0.717) is 17.0 Å². The van der Waals surface area contributed by atoms with Crippen molar-refractivity contribution in [3.8, 4) is 0 Å². The highest BCUT2D eigenvalue weighted by molar-refractivity contribution is 8.00. The SMILES string of the molecule is CC(C)C[C@H](NC(=O)[C@H](Cc1cnc[nH]1)NC(=O)CNC(=O)[C@@H](NC(=O)[C@H](C)NC(=O)[C@H](Cc1c[nH]c2ccccc12)NC(=O)[C@H](CCC(N)=O)NC(=O)[C@@H](N)Cc1ccccc1)C(C)C)C(=O)N1CCSC1C(N)=O. The molecule has 1 fully saturated rings. The Morgan fingerprint density at radius 1 is 0.711 bits per heavy atom. The number of imidazole rings is 1. The Labute approximate surface area is 444 Å². The number of thioether (sulfide) groups is 1. The highest BCUT2D eigenvalue weighted by Gasteiger charge is 2.39. The summed E-state index contributed by atoms with van der Waals surface area (Å²) >= 11 is 1.22. The van der Waals surface area contributed by atoms with E-state index in [2.05, 4.69) is 52.2 Å². The fourth-order valence-electron chi connectivity index (χ4n) is 8.43. The minimum Gasteiger partial charge on any atom is -0.370 e. The van der Waals surface area contributed by atoms with Gasteiger partial charge in [0, 0.05) is 60.6 Å². The van der Waals surface area contributed by atoms with E-state index in [1.54, 1.807) is 50.4 Å². The molecule has 5 rings (SSSR count). The summed E-state index contributed by atoms with van der Waals surface area (Å²) in [6, 6.07) is 7.64. The smallest absolute Gasteiger partial charge is 0.250 e. The summed E-state index contributed by atoms with van der Waals surface area (Å²) in [7, 11) is 0. The second kappa shape index (κ2) is 28.2. The summed E-state index contributed by atoms with van der Waals surface area (Å²) in [5.41, 5.74) is 19.8. The molecule has 1 aliphatic rings. The van der Waals surface area contributed by atoms with Crippen LogP contribution in [0.4, 0.5) is 0 Å². The lowest BCUT2D eigenvalue weighted by molar-refractivity contribution is -0.140. The van der Waals surface area contributed by atoms with E-state index in [9.17, 15) is 47.9 Å². The molecule has 76 heavy (non-hydrogen) atoms. The second-order valence-electron chi connectivity index (χ2n) is 19.4. The number of hydrogen-bond acceptors (Lipinski definition) is 13. The maximum absolute atomic E-state index is 14.2. The molecular weight excluding hydrogens is 1000 g/mol. The Morgan fingerprint density at radius 2 is 1.36 bits per heavy atom. The van der Waals surface area contributed by atoms with Gasteiger partial charge < -0.3 is 69.3 Å². The van der Waals surface area contributed by atoms with Crippen LogP contribution in [-0.2, 0) is 67.2 Å². The summed E-state index contributed by atoms with van der Waals surface area (Å²) in [5, 5.41) is 18.3. The number of nitrogens with zero attached hydrogens (tertiary/aromatic N) is 2. The van der Waals surface area contributed by atoms with Gasteiger partial charge in [-0.25, -0.2) is 4.98 Å². The summed E-state index contributed by atoms with van der Waals surface area (Å²) in [6.07, 6.45) is 4.23. The first-order valence-corrected chi connectivity index (χ1v) is 26.1.